The molecule has 0 saturated heterocycles. The Hall–Kier alpha value is -2.86. The second kappa shape index (κ2) is 6.93. The summed E-state index contributed by atoms with van der Waals surface area (Å²) < 4.78 is 13.1. The van der Waals surface area contributed by atoms with Crippen LogP contribution in [0.25, 0.3) is 17.5 Å². The Morgan fingerprint density at radius 3 is 2.87 bits per heavy atom. The molecule has 3 aromatic rings. The van der Waals surface area contributed by atoms with Crippen LogP contribution in [-0.2, 0) is 4.79 Å². The Bertz CT molecular complexity index is 846. The summed E-state index contributed by atoms with van der Waals surface area (Å²) in [7, 11) is 0. The van der Waals surface area contributed by atoms with E-state index in [1.54, 1.807) is 24.4 Å². The van der Waals surface area contributed by atoms with Gasteiger partial charge in [0.2, 0.25) is 5.91 Å². The summed E-state index contributed by atoms with van der Waals surface area (Å²) >= 11 is 1.32. The van der Waals surface area contributed by atoms with Gasteiger partial charge in [0.05, 0.1) is 5.69 Å². The zero-order valence-corrected chi connectivity index (χ0v) is 12.8. The van der Waals surface area contributed by atoms with Gasteiger partial charge in [-0.2, -0.15) is 0 Å². The third-order valence-electron chi connectivity index (χ3n) is 2.94. The molecule has 23 heavy (non-hydrogen) atoms. The number of pyridine rings is 1. The lowest BCUT2D eigenvalue weighted by Crippen LogP contribution is -2.07. The molecule has 0 bridgehead atoms. The molecule has 0 aliphatic rings. The predicted molar refractivity (Wildman–Crippen MR) is 89.4 cm³/mol. The first-order valence-corrected chi connectivity index (χ1v) is 7.70. The molecule has 3 rings (SSSR count). The molecule has 114 valence electrons. The van der Waals surface area contributed by atoms with E-state index >= 15 is 0 Å². The summed E-state index contributed by atoms with van der Waals surface area (Å²) in [4.78, 5) is 20.4. The van der Waals surface area contributed by atoms with Crippen LogP contribution in [0.3, 0.4) is 0 Å². The van der Waals surface area contributed by atoms with Crippen molar-refractivity contribution in [1.82, 2.24) is 9.97 Å². The summed E-state index contributed by atoms with van der Waals surface area (Å²) in [6.07, 6.45) is 4.58. The highest BCUT2D eigenvalue weighted by Crippen LogP contribution is 2.23. The lowest BCUT2D eigenvalue weighted by Gasteiger charge is -1.97. The number of nitrogens with zero attached hydrogens (tertiary/aromatic N) is 2. The zero-order chi connectivity index (χ0) is 16.1. The summed E-state index contributed by atoms with van der Waals surface area (Å²) in [5.74, 6) is -0.663. The number of rotatable bonds is 4. The number of anilines is 1. The third kappa shape index (κ3) is 4.08. The summed E-state index contributed by atoms with van der Waals surface area (Å²) in [6, 6.07) is 11.6. The molecule has 0 aliphatic carbocycles. The minimum absolute atomic E-state index is 0.323. The Morgan fingerprint density at radius 2 is 2.09 bits per heavy atom. The maximum atomic E-state index is 13.1. The lowest BCUT2D eigenvalue weighted by molar-refractivity contribution is -0.111. The molecule has 0 aliphatic heterocycles. The van der Waals surface area contributed by atoms with Crippen molar-refractivity contribution in [1.29, 1.82) is 0 Å². The largest absolute Gasteiger partial charge is 0.298 e. The molecule has 1 aromatic carbocycles. The molecule has 2 aromatic heterocycles. The van der Waals surface area contributed by atoms with Crippen LogP contribution < -0.4 is 5.32 Å². The van der Waals surface area contributed by atoms with E-state index in [0.717, 1.165) is 5.69 Å². The number of aromatic nitrogens is 2. The number of benzene rings is 1. The van der Waals surface area contributed by atoms with Crippen LogP contribution in [0.15, 0.2) is 60.1 Å². The van der Waals surface area contributed by atoms with Crippen molar-refractivity contribution >= 4 is 28.5 Å². The first-order chi connectivity index (χ1) is 11.2. The number of carbonyl (C=O) groups excluding carboxylic acids is 1. The van der Waals surface area contributed by atoms with Crippen LogP contribution in [0, 0.1) is 5.82 Å². The topological polar surface area (TPSA) is 54.9 Å². The number of hydrogen-bond acceptors (Lipinski definition) is 4. The second-order valence-corrected chi connectivity index (χ2v) is 5.49. The minimum atomic E-state index is -0.340. The Balaban J connectivity index is 1.66. The fourth-order valence-corrected chi connectivity index (χ4v) is 2.60. The maximum Gasteiger partial charge on any atom is 0.250 e. The lowest BCUT2D eigenvalue weighted by atomic mass is 10.2. The van der Waals surface area contributed by atoms with Gasteiger partial charge in [-0.15, -0.1) is 11.3 Å². The van der Waals surface area contributed by atoms with Gasteiger partial charge >= 0.3 is 0 Å². The van der Waals surface area contributed by atoms with Gasteiger partial charge in [0.15, 0.2) is 5.13 Å². The molecule has 0 radical (unpaired) electrons. The van der Waals surface area contributed by atoms with E-state index in [-0.39, 0.29) is 11.7 Å². The first-order valence-electron chi connectivity index (χ1n) is 6.82. The number of amides is 1. The van der Waals surface area contributed by atoms with Gasteiger partial charge in [0.1, 0.15) is 11.5 Å². The highest BCUT2D eigenvalue weighted by Gasteiger charge is 2.06. The van der Waals surface area contributed by atoms with Crippen molar-refractivity contribution in [3.05, 3.63) is 71.5 Å². The van der Waals surface area contributed by atoms with E-state index in [0.29, 0.717) is 16.4 Å². The summed E-state index contributed by atoms with van der Waals surface area (Å²) in [5.41, 5.74) is 2.08. The van der Waals surface area contributed by atoms with Crippen LogP contribution in [-0.4, -0.2) is 15.9 Å². The fourth-order valence-electron chi connectivity index (χ4n) is 1.89. The van der Waals surface area contributed by atoms with E-state index in [9.17, 15) is 9.18 Å². The van der Waals surface area contributed by atoms with Crippen molar-refractivity contribution in [2.24, 2.45) is 0 Å². The van der Waals surface area contributed by atoms with E-state index in [4.69, 9.17) is 0 Å². The van der Waals surface area contributed by atoms with Gasteiger partial charge < -0.3 is 0 Å². The van der Waals surface area contributed by atoms with Crippen molar-refractivity contribution in [3.63, 3.8) is 0 Å². The molecule has 6 heteroatoms. The van der Waals surface area contributed by atoms with Crippen LogP contribution >= 0.6 is 11.3 Å². The summed E-state index contributed by atoms with van der Waals surface area (Å²) in [5, 5.41) is 4.99. The second-order valence-electron chi connectivity index (χ2n) is 4.63. The minimum Gasteiger partial charge on any atom is -0.298 e. The third-order valence-corrected chi connectivity index (χ3v) is 3.70. The first kappa shape index (κ1) is 15.1. The van der Waals surface area contributed by atoms with Gasteiger partial charge in [-0.25, -0.2) is 9.37 Å². The van der Waals surface area contributed by atoms with Crippen LogP contribution in [0.1, 0.15) is 5.56 Å². The number of thiazole rings is 1. The van der Waals surface area contributed by atoms with Gasteiger partial charge in [-0.3, -0.25) is 15.1 Å². The molecule has 0 atom stereocenters. The molecular formula is C17H12FN3OS. The van der Waals surface area contributed by atoms with Gasteiger partial charge in [0, 0.05) is 17.7 Å². The van der Waals surface area contributed by atoms with Crippen molar-refractivity contribution in [3.8, 4) is 11.4 Å². The molecule has 0 saturated carbocycles. The normalized spacial score (nSPS) is 10.8. The molecule has 4 nitrogen and oxygen atoms in total. The molecule has 2 heterocycles. The molecular weight excluding hydrogens is 313 g/mol. The van der Waals surface area contributed by atoms with Gasteiger partial charge in [-0.1, -0.05) is 18.2 Å². The predicted octanol–water partition coefficient (Wildman–Crippen LogP) is 4.00. The maximum absolute atomic E-state index is 13.1. The average molecular weight is 325 g/mol. The van der Waals surface area contributed by atoms with Gasteiger partial charge in [-0.05, 0) is 35.9 Å². The fraction of sp³-hybridized carbons (Fsp3) is 0. The van der Waals surface area contributed by atoms with E-state index in [1.165, 1.54) is 29.5 Å². The Labute approximate surface area is 136 Å². The number of nitrogens with one attached hydrogen (secondary N) is 1. The SMILES string of the molecule is O=C(C=Cc1cccc(F)c1)Nc1nc(-c2ccccn2)cs1. The number of halogens is 1. The number of carbonyl (C=O) groups is 1. The molecule has 0 spiro atoms. The van der Waals surface area contributed by atoms with Crippen LogP contribution in [0.4, 0.5) is 9.52 Å². The van der Waals surface area contributed by atoms with E-state index in [2.05, 4.69) is 15.3 Å². The quantitative estimate of drug-likeness (QED) is 0.738. The molecule has 0 unspecified atom stereocenters. The monoisotopic (exact) mass is 325 g/mol. The highest BCUT2D eigenvalue weighted by molar-refractivity contribution is 7.14. The van der Waals surface area contributed by atoms with Crippen LogP contribution in [0.5, 0.6) is 0 Å². The Morgan fingerprint density at radius 1 is 1.17 bits per heavy atom. The van der Waals surface area contributed by atoms with Crippen molar-refractivity contribution < 1.29 is 9.18 Å². The molecule has 1 N–H and O–H groups in total. The van der Waals surface area contributed by atoms with Crippen molar-refractivity contribution in [2.45, 2.75) is 0 Å². The van der Waals surface area contributed by atoms with E-state index < -0.39 is 0 Å². The molecule has 1 amide bonds. The smallest absolute Gasteiger partial charge is 0.250 e. The Kier molecular flexibility index (Phi) is 4.54. The molecule has 0 fully saturated rings. The highest BCUT2D eigenvalue weighted by atomic mass is 32.1. The standard InChI is InChI=1S/C17H12FN3OS/c18-13-5-3-4-12(10-13)7-8-16(22)21-17-20-15(11-23-17)14-6-1-2-9-19-14/h1-11H,(H,20,21,22). The summed E-state index contributed by atoms with van der Waals surface area (Å²) in [6.45, 7) is 0. The average Bonchev–Trinajstić information content (AvgIpc) is 3.02. The number of hydrogen-bond donors (Lipinski definition) is 1. The van der Waals surface area contributed by atoms with Crippen LogP contribution in [0.2, 0.25) is 0 Å². The van der Waals surface area contributed by atoms with Crippen molar-refractivity contribution in [2.75, 3.05) is 5.32 Å². The zero-order valence-electron chi connectivity index (χ0n) is 11.9. The van der Waals surface area contributed by atoms with E-state index in [1.807, 2.05) is 23.6 Å². The van der Waals surface area contributed by atoms with Gasteiger partial charge in [0.25, 0.3) is 0 Å².